The van der Waals surface area contributed by atoms with Crippen molar-refractivity contribution in [1.82, 2.24) is 0 Å². The summed E-state index contributed by atoms with van der Waals surface area (Å²) < 4.78 is 0.381. The van der Waals surface area contributed by atoms with E-state index < -0.39 is 11.0 Å². The van der Waals surface area contributed by atoms with E-state index >= 15 is 0 Å². The number of anilines is 1. The van der Waals surface area contributed by atoms with Gasteiger partial charge in [0.2, 0.25) is 5.91 Å². The molecule has 2 rings (SSSR count). The topological polar surface area (TPSA) is 83.7 Å². The minimum absolute atomic E-state index is 0.0369. The van der Waals surface area contributed by atoms with Gasteiger partial charge in [-0.05, 0) is 22.0 Å². The zero-order valence-electron chi connectivity index (χ0n) is 8.97. The molecule has 0 saturated carbocycles. The molecule has 96 valence electrons. The maximum absolute atomic E-state index is 11.6. The van der Waals surface area contributed by atoms with Crippen LogP contribution in [0.15, 0.2) is 16.6 Å². The first kappa shape index (κ1) is 13.3. The number of carbonyl (C=O) groups excluding carboxylic acids is 1. The van der Waals surface area contributed by atoms with E-state index in [1.165, 1.54) is 17.0 Å². The average Bonchev–Trinajstić information content (AvgIpc) is 2.61. The van der Waals surface area contributed by atoms with Gasteiger partial charge in [0, 0.05) is 10.5 Å². The Morgan fingerprint density at radius 2 is 2.22 bits per heavy atom. The number of hydrogen-bond acceptors (Lipinski definition) is 4. The van der Waals surface area contributed by atoms with Crippen LogP contribution in [0.3, 0.4) is 0 Å². The number of nitrogens with zero attached hydrogens (tertiary/aromatic N) is 2. The molecule has 0 bridgehead atoms. The molecule has 0 radical (unpaired) electrons. The second-order valence-corrected chi connectivity index (χ2v) is 5.14. The number of benzene rings is 1. The van der Waals surface area contributed by atoms with Crippen molar-refractivity contribution in [2.75, 3.05) is 11.4 Å². The highest BCUT2D eigenvalue weighted by Gasteiger charge is 2.33. The van der Waals surface area contributed by atoms with E-state index in [1.54, 1.807) is 0 Å². The first-order valence-electron chi connectivity index (χ1n) is 5.02. The highest BCUT2D eigenvalue weighted by Crippen LogP contribution is 2.38. The van der Waals surface area contributed by atoms with Gasteiger partial charge in [-0.1, -0.05) is 11.6 Å². The number of hydrogen-bond donors (Lipinski definition) is 1. The molecule has 18 heavy (non-hydrogen) atoms. The van der Waals surface area contributed by atoms with Crippen molar-refractivity contribution in [3.63, 3.8) is 0 Å². The van der Waals surface area contributed by atoms with Crippen LogP contribution in [0.4, 0.5) is 11.4 Å². The molecule has 1 fully saturated rings. The van der Waals surface area contributed by atoms with E-state index in [4.69, 9.17) is 11.6 Å². The molecule has 1 unspecified atom stereocenters. The van der Waals surface area contributed by atoms with Gasteiger partial charge in [0.1, 0.15) is 5.69 Å². The van der Waals surface area contributed by atoms with Crippen LogP contribution in [-0.2, 0) is 4.79 Å². The lowest BCUT2D eigenvalue weighted by Crippen LogP contribution is -2.26. The van der Waals surface area contributed by atoms with Gasteiger partial charge in [0.05, 0.1) is 29.0 Å². The predicted octanol–water partition coefficient (Wildman–Crippen LogP) is 2.11. The fourth-order valence-electron chi connectivity index (χ4n) is 1.81. The average molecular weight is 336 g/mol. The standard InChI is InChI=1S/C10H8BrClN2O4/c11-6-2-9(14(17)18)8(3-7(6)12)13-4-5(15)1-10(13)16/h2-3,5,15H,1,4H2. The lowest BCUT2D eigenvalue weighted by Gasteiger charge is -2.16. The summed E-state index contributed by atoms with van der Waals surface area (Å²) in [6, 6.07) is 2.59. The van der Waals surface area contributed by atoms with Crippen LogP contribution in [0.2, 0.25) is 5.02 Å². The summed E-state index contributed by atoms with van der Waals surface area (Å²) in [6.45, 7) is 0.0393. The summed E-state index contributed by atoms with van der Waals surface area (Å²) in [7, 11) is 0. The number of rotatable bonds is 2. The fraction of sp³-hybridized carbons (Fsp3) is 0.300. The Bertz CT molecular complexity index is 537. The summed E-state index contributed by atoms with van der Waals surface area (Å²) in [5, 5.41) is 20.6. The molecular weight excluding hydrogens is 327 g/mol. The molecule has 1 aromatic carbocycles. The maximum atomic E-state index is 11.6. The number of nitro benzene ring substituents is 1. The molecule has 1 amide bonds. The van der Waals surface area contributed by atoms with Gasteiger partial charge in [-0.3, -0.25) is 14.9 Å². The molecule has 1 aliphatic rings. The van der Waals surface area contributed by atoms with Crippen molar-refractivity contribution >= 4 is 44.8 Å². The Balaban J connectivity index is 2.52. The number of amides is 1. The van der Waals surface area contributed by atoms with Crippen molar-refractivity contribution in [2.45, 2.75) is 12.5 Å². The van der Waals surface area contributed by atoms with E-state index in [1.807, 2.05) is 0 Å². The van der Waals surface area contributed by atoms with Gasteiger partial charge in [-0.2, -0.15) is 0 Å². The Morgan fingerprint density at radius 1 is 1.56 bits per heavy atom. The molecule has 0 spiro atoms. The predicted molar refractivity (Wildman–Crippen MR) is 68.8 cm³/mol. The van der Waals surface area contributed by atoms with Crippen molar-refractivity contribution in [3.8, 4) is 0 Å². The third-order valence-electron chi connectivity index (χ3n) is 2.61. The van der Waals surface area contributed by atoms with E-state index in [9.17, 15) is 20.0 Å². The van der Waals surface area contributed by atoms with E-state index in [0.717, 1.165) is 0 Å². The molecule has 1 aromatic rings. The molecule has 0 aliphatic carbocycles. The van der Waals surface area contributed by atoms with E-state index in [0.29, 0.717) is 4.47 Å². The lowest BCUT2D eigenvalue weighted by atomic mass is 10.2. The molecule has 0 aromatic heterocycles. The third kappa shape index (κ3) is 2.33. The maximum Gasteiger partial charge on any atom is 0.294 e. The quantitative estimate of drug-likeness (QED) is 0.663. The molecule has 1 heterocycles. The number of halogens is 2. The molecule has 1 N–H and O–H groups in total. The van der Waals surface area contributed by atoms with Gasteiger partial charge >= 0.3 is 0 Å². The number of β-amino-alcohol motifs (C(OH)–C–C–N with tert-alkyl or cyclic N) is 1. The number of aliphatic hydroxyl groups excluding tert-OH is 1. The highest BCUT2D eigenvalue weighted by molar-refractivity contribution is 9.10. The van der Waals surface area contributed by atoms with Crippen molar-refractivity contribution in [3.05, 3.63) is 31.7 Å². The Hall–Kier alpha value is -1.18. The van der Waals surface area contributed by atoms with Crippen LogP contribution in [0.5, 0.6) is 0 Å². The number of nitro groups is 1. The van der Waals surface area contributed by atoms with E-state index in [-0.39, 0.29) is 35.3 Å². The second-order valence-electron chi connectivity index (χ2n) is 3.87. The van der Waals surface area contributed by atoms with Crippen LogP contribution in [-0.4, -0.2) is 28.6 Å². The van der Waals surface area contributed by atoms with Gasteiger partial charge in [-0.15, -0.1) is 0 Å². The first-order chi connectivity index (χ1) is 8.40. The fourth-order valence-corrected chi connectivity index (χ4v) is 2.30. The zero-order valence-corrected chi connectivity index (χ0v) is 11.3. The van der Waals surface area contributed by atoms with Gasteiger partial charge in [-0.25, -0.2) is 0 Å². The normalized spacial score (nSPS) is 19.4. The van der Waals surface area contributed by atoms with Crippen molar-refractivity contribution in [2.24, 2.45) is 0 Å². The molecule has 1 atom stereocenters. The van der Waals surface area contributed by atoms with Crippen LogP contribution < -0.4 is 4.90 Å². The van der Waals surface area contributed by atoms with Crippen LogP contribution in [0, 0.1) is 10.1 Å². The minimum atomic E-state index is -0.806. The molecule has 6 nitrogen and oxygen atoms in total. The Kier molecular flexibility index (Phi) is 3.56. The SMILES string of the molecule is O=C1CC(O)CN1c1cc(Cl)c(Br)cc1[N+](=O)[O-]. The smallest absolute Gasteiger partial charge is 0.294 e. The van der Waals surface area contributed by atoms with Gasteiger partial charge in [0.15, 0.2) is 0 Å². The second kappa shape index (κ2) is 4.83. The molecule has 8 heteroatoms. The molecule has 1 aliphatic heterocycles. The third-order valence-corrected chi connectivity index (χ3v) is 3.81. The molecular formula is C10H8BrClN2O4. The summed E-state index contributed by atoms with van der Waals surface area (Å²) >= 11 is 8.98. The zero-order chi connectivity index (χ0) is 13.4. The Morgan fingerprint density at radius 3 is 2.72 bits per heavy atom. The summed E-state index contributed by atoms with van der Waals surface area (Å²) in [5.74, 6) is -0.357. The first-order valence-corrected chi connectivity index (χ1v) is 6.19. The van der Waals surface area contributed by atoms with Gasteiger partial charge in [0.25, 0.3) is 5.69 Å². The summed E-state index contributed by atoms with van der Waals surface area (Å²) in [6.07, 6.45) is -0.843. The minimum Gasteiger partial charge on any atom is -0.391 e. The van der Waals surface area contributed by atoms with E-state index in [2.05, 4.69) is 15.9 Å². The van der Waals surface area contributed by atoms with Crippen LogP contribution in [0.1, 0.15) is 6.42 Å². The largest absolute Gasteiger partial charge is 0.391 e. The van der Waals surface area contributed by atoms with Crippen molar-refractivity contribution < 1.29 is 14.8 Å². The summed E-state index contributed by atoms with van der Waals surface area (Å²) in [5.41, 5.74) is -0.122. The van der Waals surface area contributed by atoms with Crippen molar-refractivity contribution in [1.29, 1.82) is 0 Å². The number of carbonyl (C=O) groups is 1. The lowest BCUT2D eigenvalue weighted by molar-refractivity contribution is -0.384. The number of aliphatic hydroxyl groups is 1. The van der Waals surface area contributed by atoms with Crippen LogP contribution in [0.25, 0.3) is 0 Å². The monoisotopic (exact) mass is 334 g/mol. The Labute approximate surface area is 115 Å². The van der Waals surface area contributed by atoms with Crippen LogP contribution >= 0.6 is 27.5 Å². The molecule has 1 saturated heterocycles. The highest BCUT2D eigenvalue weighted by atomic mass is 79.9. The van der Waals surface area contributed by atoms with Gasteiger partial charge < -0.3 is 10.0 Å². The summed E-state index contributed by atoms with van der Waals surface area (Å²) in [4.78, 5) is 23.2.